The molecule has 0 saturated carbocycles. The minimum Gasteiger partial charge on any atom is -0.311 e. The molecule has 0 radical (unpaired) electrons. The molecule has 1 amide bonds. The predicted molar refractivity (Wildman–Crippen MR) is 68.2 cm³/mol. The van der Waals surface area contributed by atoms with Crippen molar-refractivity contribution < 1.29 is 4.79 Å². The SMILES string of the molecule is C.CC1N(P(P)P)C(=O)C1(C)CCl. The molecule has 6 heteroatoms. The average molecular weight is 260 g/mol. The monoisotopic (exact) mass is 259 g/mol. The number of carbonyl (C=O) groups excluding carboxylic acids is 1. The maximum absolute atomic E-state index is 11.6. The van der Waals surface area contributed by atoms with Crippen LogP contribution in [0.15, 0.2) is 0 Å². The van der Waals surface area contributed by atoms with Crippen LogP contribution in [-0.2, 0) is 4.79 Å². The fraction of sp³-hybridized carbons (Fsp3) is 0.857. The number of rotatable bonds is 2. The Labute approximate surface area is 91.2 Å². The molecule has 0 aromatic heterocycles. The van der Waals surface area contributed by atoms with E-state index in [-0.39, 0.29) is 24.8 Å². The quantitative estimate of drug-likeness (QED) is 0.424. The summed E-state index contributed by atoms with van der Waals surface area (Å²) in [6.07, 6.45) is 0. The van der Waals surface area contributed by atoms with Gasteiger partial charge in [-0.15, -0.1) is 11.6 Å². The summed E-state index contributed by atoms with van der Waals surface area (Å²) in [7, 11) is 4.85. The first-order chi connectivity index (χ1) is 5.45. The van der Waals surface area contributed by atoms with E-state index in [1.165, 1.54) is 0 Å². The summed E-state index contributed by atoms with van der Waals surface area (Å²) in [5.41, 5.74) is -0.324. The minimum atomic E-state index is -0.459. The number of amides is 1. The average Bonchev–Trinajstić information content (AvgIpc) is 2.02. The Bertz CT molecular complexity index is 214. The minimum absolute atomic E-state index is 0. The zero-order chi connectivity index (χ0) is 9.52. The van der Waals surface area contributed by atoms with Gasteiger partial charge in [0, 0.05) is 19.4 Å². The van der Waals surface area contributed by atoms with Gasteiger partial charge in [0.2, 0.25) is 5.91 Å². The first kappa shape index (κ1) is 14.1. The number of hydrogen-bond acceptors (Lipinski definition) is 1. The number of carbonyl (C=O) groups is 1. The normalized spacial score (nSPS) is 32.9. The largest absolute Gasteiger partial charge is 0.311 e. The molecule has 13 heavy (non-hydrogen) atoms. The van der Waals surface area contributed by atoms with Crippen molar-refractivity contribution in [2.45, 2.75) is 27.3 Å². The molecular formula is C7H17ClNOP3. The summed E-state index contributed by atoms with van der Waals surface area (Å²) in [4.78, 5) is 11.6. The van der Waals surface area contributed by atoms with Crippen molar-refractivity contribution >= 4 is 42.8 Å². The molecule has 1 aliphatic heterocycles. The second kappa shape index (κ2) is 4.71. The Balaban J connectivity index is 0.00000144. The second-order valence-corrected chi connectivity index (χ2v) is 9.68. The van der Waals surface area contributed by atoms with E-state index in [1.54, 1.807) is 0 Å². The van der Waals surface area contributed by atoms with Gasteiger partial charge in [-0.2, -0.15) is 0 Å². The smallest absolute Gasteiger partial charge is 0.235 e. The Hall–Kier alpha value is 1.05. The van der Waals surface area contributed by atoms with Gasteiger partial charge in [-0.3, -0.25) is 4.79 Å². The standard InChI is InChI=1S/C6H13ClNOP3.CH4/c1-4-6(2,3-7)5(9)8(4)12(10)11;/h4H,3,10-11H2,1-2H3;1H4. The molecule has 1 rings (SSSR count). The lowest BCUT2D eigenvalue weighted by Crippen LogP contribution is -2.64. The third-order valence-electron chi connectivity index (χ3n) is 2.51. The van der Waals surface area contributed by atoms with Crippen molar-refractivity contribution in [2.24, 2.45) is 5.41 Å². The third kappa shape index (κ3) is 2.03. The molecule has 2 nitrogen and oxygen atoms in total. The van der Waals surface area contributed by atoms with Gasteiger partial charge >= 0.3 is 0 Å². The van der Waals surface area contributed by atoms with Crippen LogP contribution < -0.4 is 0 Å². The van der Waals surface area contributed by atoms with E-state index >= 15 is 0 Å². The fourth-order valence-electron chi connectivity index (χ4n) is 1.29. The third-order valence-corrected chi connectivity index (χ3v) is 5.59. The van der Waals surface area contributed by atoms with Gasteiger partial charge in [0.15, 0.2) is 0 Å². The van der Waals surface area contributed by atoms with Crippen LogP contribution in [0.4, 0.5) is 0 Å². The molecular weight excluding hydrogens is 242 g/mol. The van der Waals surface area contributed by atoms with Crippen LogP contribution in [0, 0.1) is 5.41 Å². The van der Waals surface area contributed by atoms with Crippen LogP contribution in [-0.4, -0.2) is 22.5 Å². The maximum Gasteiger partial charge on any atom is 0.235 e. The van der Waals surface area contributed by atoms with Crippen molar-refractivity contribution in [3.05, 3.63) is 0 Å². The van der Waals surface area contributed by atoms with Crippen LogP contribution in [0.2, 0.25) is 0 Å². The lowest BCUT2D eigenvalue weighted by Gasteiger charge is -2.53. The second-order valence-electron chi connectivity index (χ2n) is 3.26. The maximum atomic E-state index is 11.6. The topological polar surface area (TPSA) is 20.3 Å². The summed E-state index contributed by atoms with van der Waals surface area (Å²) < 4.78 is 1.88. The van der Waals surface area contributed by atoms with Crippen LogP contribution in [0.5, 0.6) is 0 Å². The number of alkyl halides is 1. The van der Waals surface area contributed by atoms with E-state index in [9.17, 15) is 4.79 Å². The van der Waals surface area contributed by atoms with Gasteiger partial charge in [-0.05, 0) is 13.8 Å². The molecule has 0 N–H and O–H groups in total. The fourth-order valence-corrected chi connectivity index (χ4v) is 4.55. The number of hydrogen-bond donors (Lipinski definition) is 0. The first-order valence-corrected chi connectivity index (χ1v) is 8.70. The van der Waals surface area contributed by atoms with E-state index < -0.39 is 7.45 Å². The lowest BCUT2D eigenvalue weighted by atomic mass is 9.77. The van der Waals surface area contributed by atoms with Gasteiger partial charge in [0.1, 0.15) is 0 Å². The number of β-lactam (4-membered cyclic amide) rings is 1. The van der Waals surface area contributed by atoms with Crippen molar-refractivity contribution in [3.8, 4) is 0 Å². The molecule has 0 aromatic carbocycles. The van der Waals surface area contributed by atoms with Crippen molar-refractivity contribution in [2.75, 3.05) is 5.88 Å². The summed E-state index contributed by atoms with van der Waals surface area (Å²) in [5, 5.41) is 0. The molecule has 1 aliphatic rings. The van der Waals surface area contributed by atoms with E-state index in [0.717, 1.165) is 0 Å². The highest BCUT2D eigenvalue weighted by atomic mass is 35.5. The Morgan fingerprint density at radius 2 is 2.15 bits per heavy atom. The van der Waals surface area contributed by atoms with Gasteiger partial charge in [0.05, 0.1) is 5.41 Å². The van der Waals surface area contributed by atoms with Crippen molar-refractivity contribution in [3.63, 3.8) is 0 Å². The molecule has 0 spiro atoms. The van der Waals surface area contributed by atoms with E-state index in [0.29, 0.717) is 5.88 Å². The Kier molecular flexibility index (Phi) is 5.09. The number of halogens is 1. The zero-order valence-corrected chi connectivity index (χ0v) is 11.1. The van der Waals surface area contributed by atoms with Gasteiger partial charge < -0.3 is 4.67 Å². The van der Waals surface area contributed by atoms with Crippen LogP contribution in [0.1, 0.15) is 21.3 Å². The van der Waals surface area contributed by atoms with Crippen molar-refractivity contribution in [1.82, 2.24) is 4.67 Å². The lowest BCUT2D eigenvalue weighted by molar-refractivity contribution is -0.153. The Morgan fingerprint density at radius 1 is 1.69 bits per heavy atom. The molecule has 78 valence electrons. The van der Waals surface area contributed by atoms with Crippen LogP contribution in [0.25, 0.3) is 0 Å². The molecule has 0 bridgehead atoms. The van der Waals surface area contributed by atoms with Gasteiger partial charge in [-0.25, -0.2) is 0 Å². The van der Waals surface area contributed by atoms with Crippen LogP contribution >= 0.6 is 36.9 Å². The van der Waals surface area contributed by atoms with E-state index in [2.05, 4.69) is 17.9 Å². The highest BCUT2D eigenvalue weighted by Crippen LogP contribution is 2.63. The molecule has 1 saturated heterocycles. The first-order valence-electron chi connectivity index (χ1n) is 3.64. The summed E-state index contributed by atoms with van der Waals surface area (Å²) >= 11 is 5.75. The molecule has 1 heterocycles. The molecule has 4 atom stereocenters. The molecule has 1 fully saturated rings. The predicted octanol–water partition coefficient (Wildman–Crippen LogP) is 3.08. The zero-order valence-electron chi connectivity index (χ0n) is 7.12. The Morgan fingerprint density at radius 3 is 2.38 bits per heavy atom. The van der Waals surface area contributed by atoms with Gasteiger partial charge in [-0.1, -0.05) is 25.3 Å². The highest BCUT2D eigenvalue weighted by Gasteiger charge is 2.55. The van der Waals surface area contributed by atoms with Gasteiger partial charge in [0.25, 0.3) is 0 Å². The summed E-state index contributed by atoms with van der Waals surface area (Å²) in [6, 6.07) is 0.267. The van der Waals surface area contributed by atoms with E-state index in [1.807, 2.05) is 18.5 Å². The van der Waals surface area contributed by atoms with Crippen molar-refractivity contribution in [1.29, 1.82) is 0 Å². The highest BCUT2D eigenvalue weighted by molar-refractivity contribution is 8.42. The molecule has 4 unspecified atom stereocenters. The number of nitrogens with zero attached hydrogens (tertiary/aromatic N) is 1. The summed E-state index contributed by atoms with van der Waals surface area (Å²) in [5.74, 6) is 0.600. The molecule has 0 aromatic rings. The van der Waals surface area contributed by atoms with E-state index in [4.69, 9.17) is 11.6 Å². The van der Waals surface area contributed by atoms with Crippen LogP contribution in [0.3, 0.4) is 0 Å². The molecule has 0 aliphatic carbocycles. The summed E-state index contributed by atoms with van der Waals surface area (Å²) in [6.45, 7) is 3.98.